The molecule has 1 aromatic rings. The highest BCUT2D eigenvalue weighted by molar-refractivity contribution is 5.73. The summed E-state index contributed by atoms with van der Waals surface area (Å²) in [5.41, 5.74) is 1.27. The highest BCUT2D eigenvalue weighted by atomic mass is 16.2. The largest absolute Gasteiger partial charge is 0.342 e. The van der Waals surface area contributed by atoms with Crippen LogP contribution in [0.5, 0.6) is 0 Å². The van der Waals surface area contributed by atoms with Crippen LogP contribution in [0.25, 0.3) is 0 Å². The van der Waals surface area contributed by atoms with E-state index in [0.717, 1.165) is 45.7 Å². The van der Waals surface area contributed by atoms with Crippen LogP contribution >= 0.6 is 0 Å². The van der Waals surface area contributed by atoms with Gasteiger partial charge in [-0.1, -0.05) is 6.92 Å². The van der Waals surface area contributed by atoms with E-state index in [2.05, 4.69) is 21.4 Å². The van der Waals surface area contributed by atoms with Crippen molar-refractivity contribution in [1.29, 1.82) is 0 Å². The lowest BCUT2D eigenvalue weighted by Gasteiger charge is -2.22. The Bertz CT molecular complexity index is 401. The van der Waals surface area contributed by atoms with Crippen molar-refractivity contribution >= 4 is 5.91 Å². The number of aryl methyl sites for hydroxylation is 1. The van der Waals surface area contributed by atoms with Crippen LogP contribution in [0.4, 0.5) is 0 Å². The van der Waals surface area contributed by atoms with Gasteiger partial charge in [-0.3, -0.25) is 9.69 Å². The van der Waals surface area contributed by atoms with Gasteiger partial charge < -0.3 is 9.47 Å². The number of nitrogens with zero attached hydrogens (tertiary/aromatic N) is 4. The Labute approximate surface area is 108 Å². The van der Waals surface area contributed by atoms with Crippen molar-refractivity contribution in [2.24, 2.45) is 0 Å². The normalized spacial score (nSPS) is 17.8. The Kier molecular flexibility index (Phi) is 4.36. The van der Waals surface area contributed by atoms with Crippen LogP contribution in [-0.4, -0.2) is 51.4 Å². The van der Waals surface area contributed by atoms with E-state index in [4.69, 9.17) is 0 Å². The second-order valence-electron chi connectivity index (χ2n) is 4.83. The Balaban J connectivity index is 1.93. The van der Waals surface area contributed by atoms with E-state index in [1.807, 2.05) is 17.4 Å². The highest BCUT2D eigenvalue weighted by Gasteiger charge is 2.16. The van der Waals surface area contributed by atoms with Crippen molar-refractivity contribution in [3.05, 3.63) is 18.2 Å². The molecule has 0 spiro atoms. The van der Waals surface area contributed by atoms with Gasteiger partial charge in [0.25, 0.3) is 0 Å². The third-order valence-electron chi connectivity index (χ3n) is 3.55. The van der Waals surface area contributed by atoms with E-state index in [9.17, 15) is 4.79 Å². The molecule has 1 amide bonds. The van der Waals surface area contributed by atoms with E-state index in [1.54, 1.807) is 6.92 Å². The molecule has 0 aromatic carbocycles. The van der Waals surface area contributed by atoms with Crippen LogP contribution in [0.2, 0.25) is 0 Å². The maximum atomic E-state index is 11.4. The van der Waals surface area contributed by atoms with Gasteiger partial charge in [-0.2, -0.15) is 0 Å². The molecule has 2 rings (SSSR count). The van der Waals surface area contributed by atoms with E-state index < -0.39 is 0 Å². The summed E-state index contributed by atoms with van der Waals surface area (Å²) in [5, 5.41) is 0. The average molecular weight is 250 g/mol. The fraction of sp³-hybridized carbons (Fsp3) is 0.692. The summed E-state index contributed by atoms with van der Waals surface area (Å²) in [6, 6.07) is 0. The highest BCUT2D eigenvalue weighted by Crippen LogP contribution is 2.07. The Morgan fingerprint density at radius 2 is 2.17 bits per heavy atom. The van der Waals surface area contributed by atoms with E-state index in [1.165, 1.54) is 5.69 Å². The molecule has 0 aliphatic carbocycles. The number of carbonyl (C=O) groups excluding carboxylic acids is 1. The Morgan fingerprint density at radius 1 is 1.33 bits per heavy atom. The topological polar surface area (TPSA) is 41.4 Å². The minimum atomic E-state index is 0.189. The molecule has 1 fully saturated rings. The minimum absolute atomic E-state index is 0.189. The number of aromatic nitrogens is 2. The molecule has 1 saturated heterocycles. The van der Waals surface area contributed by atoms with Crippen LogP contribution in [0.3, 0.4) is 0 Å². The Hall–Kier alpha value is -1.36. The van der Waals surface area contributed by atoms with Gasteiger partial charge >= 0.3 is 0 Å². The third-order valence-corrected chi connectivity index (χ3v) is 3.55. The number of carbonyl (C=O) groups is 1. The first-order chi connectivity index (χ1) is 8.70. The van der Waals surface area contributed by atoms with Crippen LogP contribution in [0, 0.1) is 0 Å². The zero-order valence-corrected chi connectivity index (χ0v) is 11.3. The molecule has 18 heavy (non-hydrogen) atoms. The van der Waals surface area contributed by atoms with Gasteiger partial charge in [0.05, 0.1) is 13.0 Å². The first kappa shape index (κ1) is 13.1. The van der Waals surface area contributed by atoms with Crippen LogP contribution in [-0.2, 0) is 17.9 Å². The van der Waals surface area contributed by atoms with Crippen molar-refractivity contribution in [2.75, 3.05) is 26.2 Å². The van der Waals surface area contributed by atoms with Crippen molar-refractivity contribution in [2.45, 2.75) is 33.4 Å². The van der Waals surface area contributed by atoms with Crippen LogP contribution < -0.4 is 0 Å². The number of amides is 1. The average Bonchev–Trinajstić information content (AvgIpc) is 2.65. The monoisotopic (exact) mass is 250 g/mol. The SMILES string of the molecule is CCc1cncn1CN1CCCN(C(C)=O)CC1. The summed E-state index contributed by atoms with van der Waals surface area (Å²) in [5.74, 6) is 0.189. The lowest BCUT2D eigenvalue weighted by atomic mass is 10.3. The molecule has 1 aromatic heterocycles. The van der Waals surface area contributed by atoms with Crippen molar-refractivity contribution in [3.63, 3.8) is 0 Å². The first-order valence-electron chi connectivity index (χ1n) is 6.67. The van der Waals surface area contributed by atoms with Gasteiger partial charge in [-0.05, 0) is 12.8 Å². The first-order valence-corrected chi connectivity index (χ1v) is 6.67. The molecular weight excluding hydrogens is 228 g/mol. The van der Waals surface area contributed by atoms with E-state index in [-0.39, 0.29) is 5.91 Å². The predicted molar refractivity (Wildman–Crippen MR) is 70.0 cm³/mol. The fourth-order valence-electron chi connectivity index (χ4n) is 2.41. The molecule has 1 aliphatic rings. The van der Waals surface area contributed by atoms with Gasteiger partial charge in [-0.15, -0.1) is 0 Å². The second kappa shape index (κ2) is 6.00. The lowest BCUT2D eigenvalue weighted by Crippen LogP contribution is -2.34. The molecule has 0 saturated carbocycles. The molecule has 100 valence electrons. The second-order valence-corrected chi connectivity index (χ2v) is 4.83. The molecule has 5 heteroatoms. The molecule has 0 unspecified atom stereocenters. The van der Waals surface area contributed by atoms with Crippen molar-refractivity contribution in [3.8, 4) is 0 Å². The van der Waals surface area contributed by atoms with Crippen LogP contribution in [0.15, 0.2) is 12.5 Å². The summed E-state index contributed by atoms with van der Waals surface area (Å²) in [7, 11) is 0. The number of imidazole rings is 1. The van der Waals surface area contributed by atoms with Gasteiger partial charge in [0.1, 0.15) is 0 Å². The fourth-order valence-corrected chi connectivity index (χ4v) is 2.41. The Morgan fingerprint density at radius 3 is 2.89 bits per heavy atom. The van der Waals surface area contributed by atoms with E-state index in [0.29, 0.717) is 0 Å². The summed E-state index contributed by atoms with van der Waals surface area (Å²) in [6.07, 6.45) is 5.88. The number of hydrogen-bond acceptors (Lipinski definition) is 3. The zero-order valence-electron chi connectivity index (χ0n) is 11.3. The molecule has 0 bridgehead atoms. The molecule has 2 heterocycles. The standard InChI is InChI=1S/C13H22N4O/c1-3-13-9-14-10-17(13)11-15-5-4-6-16(8-7-15)12(2)18/h9-10H,3-8,11H2,1-2H3. The smallest absolute Gasteiger partial charge is 0.219 e. The molecular formula is C13H22N4O. The molecule has 0 N–H and O–H groups in total. The molecule has 0 radical (unpaired) electrons. The van der Waals surface area contributed by atoms with Crippen molar-refractivity contribution < 1.29 is 4.79 Å². The third kappa shape index (κ3) is 3.10. The minimum Gasteiger partial charge on any atom is -0.342 e. The van der Waals surface area contributed by atoms with Crippen LogP contribution in [0.1, 0.15) is 26.0 Å². The molecule has 1 aliphatic heterocycles. The lowest BCUT2D eigenvalue weighted by molar-refractivity contribution is -0.128. The quantitative estimate of drug-likeness (QED) is 0.802. The molecule has 0 atom stereocenters. The van der Waals surface area contributed by atoms with Gasteiger partial charge in [0.2, 0.25) is 5.91 Å². The van der Waals surface area contributed by atoms with Gasteiger partial charge in [0, 0.05) is 45.0 Å². The maximum absolute atomic E-state index is 11.4. The summed E-state index contributed by atoms with van der Waals surface area (Å²) in [6.45, 7) is 8.40. The van der Waals surface area contributed by atoms with E-state index >= 15 is 0 Å². The number of hydrogen-bond donors (Lipinski definition) is 0. The summed E-state index contributed by atoms with van der Waals surface area (Å²) >= 11 is 0. The maximum Gasteiger partial charge on any atom is 0.219 e. The predicted octanol–water partition coefficient (Wildman–Crippen LogP) is 0.957. The van der Waals surface area contributed by atoms with Crippen molar-refractivity contribution in [1.82, 2.24) is 19.4 Å². The number of rotatable bonds is 3. The summed E-state index contributed by atoms with van der Waals surface area (Å²) in [4.78, 5) is 19.9. The van der Waals surface area contributed by atoms with Gasteiger partial charge in [0.15, 0.2) is 0 Å². The zero-order chi connectivity index (χ0) is 13.0. The molecule has 5 nitrogen and oxygen atoms in total. The van der Waals surface area contributed by atoms with Gasteiger partial charge in [-0.25, -0.2) is 4.98 Å². The summed E-state index contributed by atoms with van der Waals surface area (Å²) < 4.78 is 2.20.